The molecule has 160 valence electrons. The summed E-state index contributed by atoms with van der Waals surface area (Å²) in [6.45, 7) is 4.45. The van der Waals surface area contributed by atoms with Crippen LogP contribution >= 0.6 is 0 Å². The summed E-state index contributed by atoms with van der Waals surface area (Å²) in [7, 11) is 0. The van der Waals surface area contributed by atoms with Crippen molar-refractivity contribution in [3.05, 3.63) is 90.0 Å². The van der Waals surface area contributed by atoms with E-state index >= 15 is 0 Å². The molecule has 3 aromatic rings. The number of benzene rings is 3. The number of rotatable bonds is 7. The lowest BCUT2D eigenvalue weighted by Crippen LogP contribution is -2.43. The molecule has 2 N–H and O–H groups in total. The second-order valence-corrected chi connectivity index (χ2v) is 8.42. The molecule has 0 unspecified atom stereocenters. The minimum Gasteiger partial charge on any atom is -0.356 e. The zero-order valence-electron chi connectivity index (χ0n) is 18.3. The van der Waals surface area contributed by atoms with Crippen LogP contribution in [0.1, 0.15) is 43.9 Å². The largest absolute Gasteiger partial charge is 0.356 e. The predicted molar refractivity (Wildman–Crippen MR) is 129 cm³/mol. The highest BCUT2D eigenvalue weighted by molar-refractivity contribution is 5.95. The van der Waals surface area contributed by atoms with Gasteiger partial charge in [0.1, 0.15) is 0 Å². The molecular weight excluding hydrogens is 382 g/mol. The summed E-state index contributed by atoms with van der Waals surface area (Å²) in [5, 5.41) is 6.91. The SMILES string of the molecule is CC(C)N(C(=O)CN[C@H]1CCCc2ccccc21)c1ccc(Nc2ccccc2)cc1. The first-order valence-corrected chi connectivity index (χ1v) is 11.2. The Kier molecular flexibility index (Phi) is 6.68. The van der Waals surface area contributed by atoms with Crippen molar-refractivity contribution in [1.82, 2.24) is 5.32 Å². The number of hydrogen-bond donors (Lipinski definition) is 2. The molecule has 0 radical (unpaired) electrons. The molecule has 0 spiro atoms. The van der Waals surface area contributed by atoms with Gasteiger partial charge in [-0.2, -0.15) is 0 Å². The molecule has 4 nitrogen and oxygen atoms in total. The molecule has 0 saturated carbocycles. The third kappa shape index (κ3) is 5.15. The Morgan fingerprint density at radius 1 is 0.935 bits per heavy atom. The minimum absolute atomic E-state index is 0.0841. The number of anilines is 3. The van der Waals surface area contributed by atoms with Crippen molar-refractivity contribution < 1.29 is 4.79 Å². The van der Waals surface area contributed by atoms with Gasteiger partial charge in [-0.25, -0.2) is 0 Å². The van der Waals surface area contributed by atoms with Crippen LogP contribution in [0.5, 0.6) is 0 Å². The molecule has 4 rings (SSSR count). The second kappa shape index (κ2) is 9.80. The van der Waals surface area contributed by atoms with Gasteiger partial charge < -0.3 is 15.5 Å². The zero-order chi connectivity index (χ0) is 21.6. The van der Waals surface area contributed by atoms with Crippen molar-refractivity contribution in [2.45, 2.75) is 45.2 Å². The first-order valence-electron chi connectivity index (χ1n) is 11.2. The van der Waals surface area contributed by atoms with Crippen LogP contribution in [0.15, 0.2) is 78.9 Å². The maximum absolute atomic E-state index is 13.2. The minimum atomic E-state index is 0.0841. The Morgan fingerprint density at radius 3 is 2.35 bits per heavy atom. The van der Waals surface area contributed by atoms with Crippen molar-refractivity contribution in [3.8, 4) is 0 Å². The predicted octanol–water partition coefficient (Wildman–Crippen LogP) is 5.84. The number of aryl methyl sites for hydroxylation is 1. The van der Waals surface area contributed by atoms with E-state index in [9.17, 15) is 4.79 Å². The lowest BCUT2D eigenvalue weighted by molar-refractivity contribution is -0.118. The van der Waals surface area contributed by atoms with E-state index in [0.717, 1.165) is 36.3 Å². The highest BCUT2D eigenvalue weighted by Gasteiger charge is 2.23. The molecule has 0 fully saturated rings. The van der Waals surface area contributed by atoms with Gasteiger partial charge in [0.2, 0.25) is 5.91 Å². The first kappa shape index (κ1) is 21.1. The Labute approximate surface area is 185 Å². The Hall–Kier alpha value is -3.11. The second-order valence-electron chi connectivity index (χ2n) is 8.42. The van der Waals surface area contributed by atoms with Gasteiger partial charge in [-0.15, -0.1) is 0 Å². The fraction of sp³-hybridized carbons (Fsp3) is 0.296. The van der Waals surface area contributed by atoms with Crippen LogP contribution in [0.25, 0.3) is 0 Å². The Bertz CT molecular complexity index is 999. The fourth-order valence-electron chi connectivity index (χ4n) is 4.39. The molecule has 4 heteroatoms. The van der Waals surface area contributed by atoms with Crippen LogP contribution in [0.2, 0.25) is 0 Å². The molecule has 31 heavy (non-hydrogen) atoms. The van der Waals surface area contributed by atoms with E-state index in [-0.39, 0.29) is 18.0 Å². The summed E-state index contributed by atoms with van der Waals surface area (Å²) in [4.78, 5) is 15.0. The van der Waals surface area contributed by atoms with E-state index < -0.39 is 0 Å². The summed E-state index contributed by atoms with van der Waals surface area (Å²) in [6, 6.07) is 27.1. The van der Waals surface area contributed by atoms with Crippen molar-refractivity contribution in [3.63, 3.8) is 0 Å². The van der Waals surface area contributed by atoms with Crippen molar-refractivity contribution in [2.75, 3.05) is 16.8 Å². The number of fused-ring (bicyclic) bond motifs is 1. The molecule has 1 amide bonds. The van der Waals surface area contributed by atoms with Crippen molar-refractivity contribution in [2.24, 2.45) is 0 Å². The molecule has 0 aliphatic heterocycles. The monoisotopic (exact) mass is 413 g/mol. The maximum Gasteiger partial charge on any atom is 0.241 e. The Balaban J connectivity index is 1.42. The lowest BCUT2D eigenvalue weighted by atomic mass is 9.88. The van der Waals surface area contributed by atoms with Gasteiger partial charge in [-0.3, -0.25) is 4.79 Å². The number of nitrogens with one attached hydrogen (secondary N) is 2. The van der Waals surface area contributed by atoms with Crippen molar-refractivity contribution in [1.29, 1.82) is 0 Å². The number of carbonyl (C=O) groups is 1. The van der Waals surface area contributed by atoms with Gasteiger partial charge in [-0.1, -0.05) is 42.5 Å². The van der Waals surface area contributed by atoms with E-state index in [0.29, 0.717) is 6.54 Å². The highest BCUT2D eigenvalue weighted by atomic mass is 16.2. The standard InChI is InChI=1S/C27H31N3O/c1-20(2)30(24-17-15-23(16-18-24)29-22-11-4-3-5-12-22)27(31)19-28-26-14-8-10-21-9-6-7-13-25(21)26/h3-7,9,11-13,15-18,20,26,28-29H,8,10,14,19H2,1-2H3/t26-/m0/s1. The zero-order valence-corrected chi connectivity index (χ0v) is 18.3. The van der Waals surface area contributed by atoms with E-state index in [2.05, 4.69) is 48.7 Å². The average molecular weight is 414 g/mol. The quantitative estimate of drug-likeness (QED) is 0.511. The molecule has 0 saturated heterocycles. The van der Waals surface area contributed by atoms with Gasteiger partial charge in [0.25, 0.3) is 0 Å². The fourth-order valence-corrected chi connectivity index (χ4v) is 4.39. The highest BCUT2D eigenvalue weighted by Crippen LogP contribution is 2.29. The summed E-state index contributed by atoms with van der Waals surface area (Å²) in [6.07, 6.45) is 3.36. The van der Waals surface area contributed by atoms with Crippen LogP contribution in [-0.2, 0) is 11.2 Å². The molecular formula is C27H31N3O. The average Bonchev–Trinajstić information content (AvgIpc) is 2.79. The van der Waals surface area contributed by atoms with E-state index in [1.165, 1.54) is 11.1 Å². The Morgan fingerprint density at radius 2 is 1.61 bits per heavy atom. The van der Waals surface area contributed by atoms with Gasteiger partial charge in [0.15, 0.2) is 0 Å². The number of amides is 1. The smallest absolute Gasteiger partial charge is 0.241 e. The van der Waals surface area contributed by atoms with Gasteiger partial charge in [0.05, 0.1) is 6.54 Å². The summed E-state index contributed by atoms with van der Waals surface area (Å²) < 4.78 is 0. The maximum atomic E-state index is 13.2. The molecule has 1 atom stereocenters. The topological polar surface area (TPSA) is 44.4 Å². The van der Waals surface area contributed by atoms with Gasteiger partial charge >= 0.3 is 0 Å². The molecule has 1 aliphatic rings. The van der Waals surface area contributed by atoms with Gasteiger partial charge in [0, 0.05) is 29.1 Å². The van der Waals surface area contributed by atoms with Gasteiger partial charge in [-0.05, 0) is 80.6 Å². The number of carbonyl (C=O) groups excluding carboxylic acids is 1. The normalized spacial score (nSPS) is 15.4. The van der Waals surface area contributed by atoms with Crippen LogP contribution in [-0.4, -0.2) is 18.5 Å². The summed E-state index contributed by atoms with van der Waals surface area (Å²) in [5.41, 5.74) is 5.71. The third-order valence-electron chi connectivity index (χ3n) is 5.86. The number of para-hydroxylation sites is 1. The number of hydrogen-bond acceptors (Lipinski definition) is 3. The van der Waals surface area contributed by atoms with Crippen LogP contribution in [0.4, 0.5) is 17.1 Å². The first-order chi connectivity index (χ1) is 15.1. The molecule has 1 aliphatic carbocycles. The lowest BCUT2D eigenvalue weighted by Gasteiger charge is -2.30. The summed E-state index contributed by atoms with van der Waals surface area (Å²) >= 11 is 0. The van der Waals surface area contributed by atoms with Crippen LogP contribution < -0.4 is 15.5 Å². The van der Waals surface area contributed by atoms with E-state index in [1.807, 2.05) is 59.5 Å². The summed E-state index contributed by atoms with van der Waals surface area (Å²) in [5.74, 6) is 0.0989. The van der Waals surface area contributed by atoms with E-state index in [1.54, 1.807) is 0 Å². The molecule has 0 heterocycles. The molecule has 3 aromatic carbocycles. The third-order valence-corrected chi connectivity index (χ3v) is 5.86. The molecule has 0 bridgehead atoms. The van der Waals surface area contributed by atoms with E-state index in [4.69, 9.17) is 0 Å². The molecule has 0 aromatic heterocycles. The van der Waals surface area contributed by atoms with Crippen LogP contribution in [0, 0.1) is 0 Å². The van der Waals surface area contributed by atoms with Crippen molar-refractivity contribution >= 4 is 23.0 Å². The number of nitrogens with zero attached hydrogens (tertiary/aromatic N) is 1. The van der Waals surface area contributed by atoms with Crippen LogP contribution in [0.3, 0.4) is 0 Å².